The maximum absolute atomic E-state index is 13.3. The molecule has 0 aromatic heterocycles. The van der Waals surface area contributed by atoms with Crippen molar-refractivity contribution >= 4 is 0 Å². The third-order valence-corrected chi connectivity index (χ3v) is 28.1. The zero-order chi connectivity index (χ0) is 88.6. The Labute approximate surface area is 733 Å². The molecule has 10 heterocycles. The molecule has 14 rings (SSSR count). The maximum Gasteiger partial charge on any atom is 0.272 e. The average Bonchev–Trinajstić information content (AvgIpc) is 1.58. The van der Waals surface area contributed by atoms with E-state index in [0.717, 1.165) is 78.2 Å². The molecule has 2 aliphatic carbocycles. The van der Waals surface area contributed by atoms with E-state index >= 15 is 0 Å². The Hall–Kier alpha value is -2.21. The third kappa shape index (κ3) is 45.3. The fourth-order valence-electron chi connectivity index (χ4n) is 17.8. The first-order valence-electron chi connectivity index (χ1n) is 49.6. The molecule has 118 heavy (non-hydrogen) atoms. The van der Waals surface area contributed by atoms with Crippen LogP contribution in [0.25, 0.3) is 0 Å². The summed E-state index contributed by atoms with van der Waals surface area (Å²) < 4.78 is 37.5. The average molecular weight is 1660 g/mol. The Morgan fingerprint density at radius 1 is 0.280 bits per heavy atom. The van der Waals surface area contributed by atoms with Crippen molar-refractivity contribution in [3.8, 4) is 0 Å². The van der Waals surface area contributed by atoms with Crippen molar-refractivity contribution < 1.29 is 13.2 Å². The minimum atomic E-state index is -2.40. The SMILES string of the molecule is CC(C)N1CC(F)(F)C1.CC(C)N1CC2(CCC2)C1.CC(C)N1CC2(CCCCC2)C1.CC(C)N1CCC(C)(C)CC1.CC(C)N1CCC(C)(F)CC1.CC(C)N1CCCC1.CC(C)N1CCCCC1.CC(C)N1CCCCC1.CC(C)N1CCN(C)CC1.CC(C)c1ccccc1.CC1CCN(C(C)C)CC1.Cc1ccc(C(C)C)cc1. The van der Waals surface area contributed by atoms with Crippen LogP contribution in [0.5, 0.6) is 0 Å². The van der Waals surface area contributed by atoms with Crippen LogP contribution in [0.3, 0.4) is 0 Å². The van der Waals surface area contributed by atoms with Gasteiger partial charge in [0, 0.05) is 126 Å². The largest absolute Gasteiger partial charge is 0.304 e. The van der Waals surface area contributed by atoms with Gasteiger partial charge in [-0.05, 0) is 373 Å². The molecular formula is C104H200F3N11. The number of nitrogens with zero attached hydrogens (tertiary/aromatic N) is 11. The van der Waals surface area contributed by atoms with Crippen LogP contribution >= 0.6 is 0 Å². The minimum absolute atomic E-state index is 0.0509. The van der Waals surface area contributed by atoms with Crippen LogP contribution in [0.4, 0.5) is 13.2 Å². The summed E-state index contributed by atoms with van der Waals surface area (Å²) in [5.41, 5.74) is 5.48. The summed E-state index contributed by atoms with van der Waals surface area (Å²) in [6, 6.07) is 26.2. The van der Waals surface area contributed by atoms with Gasteiger partial charge in [0.15, 0.2) is 0 Å². The summed E-state index contributed by atoms with van der Waals surface area (Å²) in [5, 5.41) is 0. The van der Waals surface area contributed by atoms with Crippen LogP contribution in [0.1, 0.15) is 364 Å². The number of aryl methyl sites for hydroxylation is 1. The molecule has 14 heteroatoms. The summed E-state index contributed by atoms with van der Waals surface area (Å²) in [6.07, 6.45) is 30.3. The van der Waals surface area contributed by atoms with E-state index in [9.17, 15) is 13.2 Å². The molecule has 2 aromatic rings. The number of hydrogen-bond acceptors (Lipinski definition) is 11. The highest BCUT2D eigenvalue weighted by Gasteiger charge is 2.48. The predicted molar refractivity (Wildman–Crippen MR) is 514 cm³/mol. The van der Waals surface area contributed by atoms with Crippen LogP contribution in [0, 0.1) is 29.1 Å². The van der Waals surface area contributed by atoms with E-state index in [1.165, 1.54) is 263 Å². The third-order valence-electron chi connectivity index (χ3n) is 28.1. The molecule has 692 valence electrons. The zero-order valence-electron chi connectivity index (χ0n) is 83.9. The molecule has 0 atom stereocenters. The molecule has 0 unspecified atom stereocenters. The van der Waals surface area contributed by atoms with Crippen molar-refractivity contribution in [1.82, 2.24) is 53.9 Å². The summed E-state index contributed by atoms with van der Waals surface area (Å²) in [4.78, 5) is 27.0. The highest BCUT2D eigenvalue weighted by atomic mass is 19.3. The van der Waals surface area contributed by atoms with Crippen molar-refractivity contribution in [2.24, 2.45) is 22.2 Å². The molecule has 0 amide bonds. The normalized spacial score (nSPS) is 23.2. The van der Waals surface area contributed by atoms with Gasteiger partial charge in [-0.3, -0.25) is 19.6 Å². The summed E-state index contributed by atoms with van der Waals surface area (Å²) in [6.45, 7) is 90.0. The second-order valence-corrected chi connectivity index (χ2v) is 43.2. The molecule has 2 spiro atoms. The van der Waals surface area contributed by atoms with Crippen molar-refractivity contribution in [3.63, 3.8) is 0 Å². The van der Waals surface area contributed by atoms with Crippen LogP contribution in [-0.2, 0) is 0 Å². The van der Waals surface area contributed by atoms with E-state index in [-0.39, 0.29) is 19.1 Å². The minimum Gasteiger partial charge on any atom is -0.304 e. The van der Waals surface area contributed by atoms with Crippen LogP contribution in [-0.4, -0.2) is 277 Å². The second kappa shape index (κ2) is 56.8. The molecule has 0 bridgehead atoms. The van der Waals surface area contributed by atoms with E-state index in [0.29, 0.717) is 36.1 Å². The number of benzene rings is 2. The number of hydrogen-bond donors (Lipinski definition) is 0. The summed E-state index contributed by atoms with van der Waals surface area (Å²) in [5.74, 6) is -0.119. The Kier molecular flexibility index (Phi) is 52.9. The van der Waals surface area contributed by atoms with Gasteiger partial charge in [0.2, 0.25) is 0 Å². The number of piperazine rings is 1. The van der Waals surface area contributed by atoms with E-state index in [1.807, 2.05) is 19.9 Å². The van der Waals surface area contributed by atoms with Gasteiger partial charge >= 0.3 is 0 Å². The molecule has 11 nitrogen and oxygen atoms in total. The fraction of sp³-hybridized carbons (Fsp3) is 0.885. The van der Waals surface area contributed by atoms with Gasteiger partial charge in [0.25, 0.3) is 5.92 Å². The Balaban J connectivity index is 0.000000333. The van der Waals surface area contributed by atoms with Gasteiger partial charge in [-0.2, -0.15) is 0 Å². The highest BCUT2D eigenvalue weighted by Crippen LogP contribution is 2.49. The number of likely N-dealkylation sites (N-methyl/N-ethyl adjacent to an activating group) is 1. The van der Waals surface area contributed by atoms with E-state index < -0.39 is 11.6 Å². The van der Waals surface area contributed by atoms with Gasteiger partial charge in [0.05, 0.1) is 13.1 Å². The first-order valence-corrected chi connectivity index (χ1v) is 49.6. The molecule has 2 saturated carbocycles. The van der Waals surface area contributed by atoms with Gasteiger partial charge in [-0.15, -0.1) is 0 Å². The first-order chi connectivity index (χ1) is 55.3. The topological polar surface area (TPSA) is 35.6 Å². The summed E-state index contributed by atoms with van der Waals surface area (Å²) >= 11 is 0. The van der Waals surface area contributed by atoms with Crippen molar-refractivity contribution in [2.45, 2.75) is 426 Å². The molecule has 12 fully saturated rings. The zero-order valence-corrected chi connectivity index (χ0v) is 83.9. The maximum atomic E-state index is 13.3. The monoisotopic (exact) mass is 1660 g/mol. The summed E-state index contributed by atoms with van der Waals surface area (Å²) in [7, 11) is 2.19. The van der Waals surface area contributed by atoms with Crippen LogP contribution < -0.4 is 0 Å². The lowest BCUT2D eigenvalue weighted by molar-refractivity contribution is -0.141. The smallest absolute Gasteiger partial charge is 0.272 e. The number of piperidine rings is 5. The van der Waals surface area contributed by atoms with Gasteiger partial charge in [-0.1, -0.05) is 147 Å². The van der Waals surface area contributed by atoms with Crippen molar-refractivity contribution in [2.75, 3.05) is 151 Å². The quantitative estimate of drug-likeness (QED) is 0.204. The Morgan fingerprint density at radius 2 is 0.551 bits per heavy atom. The van der Waals surface area contributed by atoms with Gasteiger partial charge in [0.1, 0.15) is 5.67 Å². The van der Waals surface area contributed by atoms with Gasteiger partial charge in [-0.25, -0.2) is 13.2 Å². The lowest BCUT2D eigenvalue weighted by Gasteiger charge is -2.57. The van der Waals surface area contributed by atoms with Crippen LogP contribution in [0.2, 0.25) is 0 Å². The first kappa shape index (κ1) is 110. The fourth-order valence-corrected chi connectivity index (χ4v) is 17.8. The van der Waals surface area contributed by atoms with Crippen LogP contribution in [0.15, 0.2) is 54.6 Å². The molecule has 10 saturated heterocycles. The number of rotatable bonds is 12. The van der Waals surface area contributed by atoms with E-state index in [1.54, 1.807) is 11.8 Å². The Morgan fingerprint density at radius 3 is 0.831 bits per heavy atom. The highest BCUT2D eigenvalue weighted by molar-refractivity contribution is 5.23. The second-order valence-electron chi connectivity index (χ2n) is 43.2. The lowest BCUT2D eigenvalue weighted by atomic mass is 9.63. The van der Waals surface area contributed by atoms with E-state index in [4.69, 9.17) is 0 Å². The molecule has 10 aliphatic heterocycles. The standard InChI is InChI=1S/C11H21N.C10H21N.C10H14.C9H18FN.C9H17N.C9H19N.C9H12.C8H18N2.2C8H17N.C7H15N.C6H11F2N/c1-10(2)12-8-11(9-12)6-4-3-5-7-11;1-9(2)11-7-5-10(3,4)6-8-11;1-8(2)10-6-4-9(3)5-7-10;1-8(2)11-6-4-9(3,10)5-7-11;1-8(2)10-6-9(7-10)4-3-5-9;1-8(2)10-6-4-9(3)5-7-10;1-8(2)9-6-4-3-5-7-9;1-8(2)10-6-4-9(3)5-7-10;2*1-8(2)9-6-4-3-5-7-9;1-7(2)8-5-3-4-6-8;1-5(2)9-3-6(7,8)4-9/h10H,3-9H2,1-2H3;9H,5-8H2,1-4H3;4-8H,1-3H3;8H,4-7H2,1-3H3;8H,3-7H2,1-2H3;8-9H,4-7H2,1-3H3;3-8H,1-2H3;8H,4-7H2,1-3H3;2*8H,3-7H2,1-2H3;7H,3-6H2,1-2H3;5H,3-4H2,1-2H3. The number of alkyl halides is 3. The van der Waals surface area contributed by atoms with Crippen molar-refractivity contribution in [1.29, 1.82) is 0 Å². The number of likely N-dealkylation sites (tertiary alicyclic amines) is 9. The van der Waals surface area contributed by atoms with E-state index in [2.05, 4.69) is 285 Å². The lowest BCUT2D eigenvalue weighted by Crippen LogP contribution is -2.61. The predicted octanol–water partition coefficient (Wildman–Crippen LogP) is 24.6. The molecule has 2 aromatic carbocycles. The number of halogens is 3. The van der Waals surface area contributed by atoms with Crippen molar-refractivity contribution in [3.05, 3.63) is 71.3 Å². The Bertz CT molecular complexity index is 2620. The molecule has 0 N–H and O–H groups in total. The molecule has 0 radical (unpaired) electrons. The molecular weight excluding hydrogens is 1460 g/mol. The van der Waals surface area contributed by atoms with Gasteiger partial charge < -0.3 is 34.3 Å². The molecule has 12 aliphatic rings.